The molecular formula is C11H21N. The molecule has 0 spiro atoms. The average molecular weight is 167 g/mol. The summed E-state index contributed by atoms with van der Waals surface area (Å²) in [5.74, 6) is 0. The first kappa shape index (κ1) is 13.6. The molecule has 0 amide bonds. The molecule has 0 radical (unpaired) electrons. The summed E-state index contributed by atoms with van der Waals surface area (Å²) in [6, 6.07) is 0. The molecule has 1 nitrogen and oxygen atoms in total. The van der Waals surface area contributed by atoms with Gasteiger partial charge in [-0.1, -0.05) is 45.1 Å². The van der Waals surface area contributed by atoms with Crippen LogP contribution in [0.2, 0.25) is 0 Å². The lowest BCUT2D eigenvalue weighted by Crippen LogP contribution is -1.90. The number of hydrogen-bond acceptors (Lipinski definition) is 1. The van der Waals surface area contributed by atoms with Crippen LogP contribution < -0.4 is 5.73 Å². The van der Waals surface area contributed by atoms with E-state index in [1.54, 1.807) is 0 Å². The van der Waals surface area contributed by atoms with Gasteiger partial charge in [0.2, 0.25) is 0 Å². The molecule has 0 aromatic carbocycles. The van der Waals surface area contributed by atoms with Gasteiger partial charge in [0.1, 0.15) is 0 Å². The van der Waals surface area contributed by atoms with E-state index in [2.05, 4.69) is 13.5 Å². The Kier molecular flexibility index (Phi) is 11.4. The minimum Gasteiger partial charge on any atom is -0.399 e. The summed E-state index contributed by atoms with van der Waals surface area (Å²) in [5, 5.41) is 0. The minimum absolute atomic E-state index is 0.787. The quantitative estimate of drug-likeness (QED) is 0.640. The second-order valence-electron chi connectivity index (χ2n) is 2.13. The van der Waals surface area contributed by atoms with E-state index in [1.165, 1.54) is 0 Å². The van der Waals surface area contributed by atoms with Crippen LogP contribution in [0.25, 0.3) is 0 Å². The maximum Gasteiger partial charge on any atom is 0.0270 e. The van der Waals surface area contributed by atoms with Gasteiger partial charge in [-0.2, -0.15) is 0 Å². The zero-order chi connectivity index (χ0) is 9.98. The molecule has 0 bridgehead atoms. The highest BCUT2D eigenvalue weighted by molar-refractivity contribution is 5.23. The molecule has 2 N–H and O–H groups in total. The van der Waals surface area contributed by atoms with Crippen molar-refractivity contribution in [1.29, 1.82) is 0 Å². The summed E-state index contributed by atoms with van der Waals surface area (Å²) in [5.41, 5.74) is 7.40. The molecule has 12 heavy (non-hydrogen) atoms. The van der Waals surface area contributed by atoms with Crippen LogP contribution in [0.4, 0.5) is 0 Å². The van der Waals surface area contributed by atoms with E-state index in [4.69, 9.17) is 5.73 Å². The molecule has 0 aliphatic rings. The first-order valence-corrected chi connectivity index (χ1v) is 4.48. The van der Waals surface area contributed by atoms with Gasteiger partial charge in [-0.05, 0) is 19.4 Å². The molecule has 0 fully saturated rings. The minimum atomic E-state index is 0.787. The van der Waals surface area contributed by atoms with E-state index in [0.29, 0.717) is 0 Å². The summed E-state index contributed by atoms with van der Waals surface area (Å²) in [4.78, 5) is 0. The van der Waals surface area contributed by atoms with E-state index in [9.17, 15) is 0 Å². The Morgan fingerprint density at radius 1 is 1.33 bits per heavy atom. The van der Waals surface area contributed by atoms with Gasteiger partial charge in [-0.3, -0.25) is 0 Å². The third kappa shape index (κ3) is 9.02. The summed E-state index contributed by atoms with van der Waals surface area (Å²) in [6.07, 6.45) is 6.65. The molecule has 0 aromatic rings. The van der Waals surface area contributed by atoms with E-state index < -0.39 is 0 Å². The molecule has 0 atom stereocenters. The van der Waals surface area contributed by atoms with Crippen LogP contribution in [0.15, 0.2) is 36.1 Å². The van der Waals surface area contributed by atoms with Crippen molar-refractivity contribution in [2.75, 3.05) is 0 Å². The Morgan fingerprint density at radius 3 is 2.17 bits per heavy atom. The van der Waals surface area contributed by atoms with Gasteiger partial charge in [0.25, 0.3) is 0 Å². The predicted molar refractivity (Wildman–Crippen MR) is 57.9 cm³/mol. The fraction of sp³-hybridized carbons (Fsp3) is 0.455. The number of nitrogens with two attached hydrogens (primary N) is 1. The van der Waals surface area contributed by atoms with Crippen molar-refractivity contribution in [3.63, 3.8) is 0 Å². The molecule has 0 saturated heterocycles. The van der Waals surface area contributed by atoms with E-state index in [1.807, 2.05) is 39.0 Å². The molecule has 0 aliphatic carbocycles. The van der Waals surface area contributed by atoms with Crippen molar-refractivity contribution >= 4 is 0 Å². The Hall–Kier alpha value is -0.980. The van der Waals surface area contributed by atoms with Gasteiger partial charge in [0.15, 0.2) is 0 Å². The molecule has 0 rings (SSSR count). The number of allylic oxidation sites excluding steroid dienone is 4. The van der Waals surface area contributed by atoms with Crippen LogP contribution in [-0.2, 0) is 0 Å². The zero-order valence-electron chi connectivity index (χ0n) is 8.72. The van der Waals surface area contributed by atoms with E-state index in [0.717, 1.165) is 17.7 Å². The predicted octanol–water partition coefficient (Wildman–Crippen LogP) is 3.40. The van der Waals surface area contributed by atoms with E-state index >= 15 is 0 Å². The third-order valence-electron chi connectivity index (χ3n) is 1.30. The monoisotopic (exact) mass is 167 g/mol. The average Bonchev–Trinajstić information content (AvgIpc) is 2.16. The first-order chi connectivity index (χ1) is 5.70. The number of rotatable bonds is 3. The fourth-order valence-corrected chi connectivity index (χ4v) is 0.428. The van der Waals surface area contributed by atoms with Crippen molar-refractivity contribution in [2.24, 2.45) is 5.73 Å². The molecule has 0 heterocycles. The van der Waals surface area contributed by atoms with Crippen molar-refractivity contribution in [3.05, 3.63) is 36.1 Å². The Labute approximate surface area is 76.7 Å². The van der Waals surface area contributed by atoms with Crippen molar-refractivity contribution in [3.8, 4) is 0 Å². The Bertz CT molecular complexity index is 164. The van der Waals surface area contributed by atoms with Crippen LogP contribution in [0, 0.1) is 0 Å². The molecule has 70 valence electrons. The standard InChI is InChI=1S/C9H15N.C2H6/c1-4-8(3)6-7-9(10)5-2;1-2/h5-7H,3-4,10H2,1-2H3;1-2H3/b7-6-,9-5+;. The van der Waals surface area contributed by atoms with Crippen LogP contribution in [0.3, 0.4) is 0 Å². The summed E-state index contributed by atoms with van der Waals surface area (Å²) < 4.78 is 0. The Morgan fingerprint density at radius 2 is 1.83 bits per heavy atom. The second-order valence-corrected chi connectivity index (χ2v) is 2.13. The molecular weight excluding hydrogens is 146 g/mol. The van der Waals surface area contributed by atoms with Crippen LogP contribution >= 0.6 is 0 Å². The lowest BCUT2D eigenvalue weighted by atomic mass is 10.2. The lowest BCUT2D eigenvalue weighted by molar-refractivity contribution is 1.16. The van der Waals surface area contributed by atoms with Crippen molar-refractivity contribution in [2.45, 2.75) is 34.1 Å². The highest BCUT2D eigenvalue weighted by Gasteiger charge is 1.81. The second kappa shape index (κ2) is 10.0. The van der Waals surface area contributed by atoms with Crippen LogP contribution in [-0.4, -0.2) is 0 Å². The molecule has 1 heteroatoms. The summed E-state index contributed by atoms with van der Waals surface area (Å²) in [6.45, 7) is 11.8. The van der Waals surface area contributed by atoms with Gasteiger partial charge in [0.05, 0.1) is 0 Å². The van der Waals surface area contributed by atoms with Gasteiger partial charge >= 0.3 is 0 Å². The molecule has 0 saturated carbocycles. The molecule has 0 aromatic heterocycles. The SMILES string of the molecule is C=C(/C=C\C(N)=C/C)CC.CC. The summed E-state index contributed by atoms with van der Waals surface area (Å²) >= 11 is 0. The molecule has 0 unspecified atom stereocenters. The van der Waals surface area contributed by atoms with Gasteiger partial charge in [-0.25, -0.2) is 0 Å². The zero-order valence-corrected chi connectivity index (χ0v) is 8.72. The van der Waals surface area contributed by atoms with Gasteiger partial charge in [0, 0.05) is 5.70 Å². The topological polar surface area (TPSA) is 26.0 Å². The maximum atomic E-state index is 5.51. The van der Waals surface area contributed by atoms with Crippen LogP contribution in [0.1, 0.15) is 34.1 Å². The lowest BCUT2D eigenvalue weighted by Gasteiger charge is -1.91. The fourth-order valence-electron chi connectivity index (χ4n) is 0.428. The molecule has 0 aliphatic heterocycles. The Balaban J connectivity index is 0. The van der Waals surface area contributed by atoms with Gasteiger partial charge in [-0.15, -0.1) is 0 Å². The van der Waals surface area contributed by atoms with Crippen LogP contribution in [0.5, 0.6) is 0 Å². The highest BCUT2D eigenvalue weighted by atomic mass is 14.5. The first-order valence-electron chi connectivity index (χ1n) is 4.48. The van der Waals surface area contributed by atoms with Gasteiger partial charge < -0.3 is 5.73 Å². The maximum absolute atomic E-state index is 5.51. The van der Waals surface area contributed by atoms with Crippen molar-refractivity contribution < 1.29 is 0 Å². The number of hydrogen-bond donors (Lipinski definition) is 1. The third-order valence-corrected chi connectivity index (χ3v) is 1.30. The normalized spacial score (nSPS) is 10.8. The van der Waals surface area contributed by atoms with E-state index in [-0.39, 0.29) is 0 Å². The largest absolute Gasteiger partial charge is 0.399 e. The summed E-state index contributed by atoms with van der Waals surface area (Å²) in [7, 11) is 0. The van der Waals surface area contributed by atoms with Crippen molar-refractivity contribution in [1.82, 2.24) is 0 Å². The highest BCUT2D eigenvalue weighted by Crippen LogP contribution is 1.99. The smallest absolute Gasteiger partial charge is 0.0270 e.